The van der Waals surface area contributed by atoms with Gasteiger partial charge in [-0.15, -0.1) is 0 Å². The van der Waals surface area contributed by atoms with Gasteiger partial charge in [-0.25, -0.2) is 24.2 Å². The molecule has 0 aliphatic heterocycles. The number of imidazole rings is 2. The van der Waals surface area contributed by atoms with Gasteiger partial charge in [0.15, 0.2) is 11.2 Å². The molecular formula is C15H12N8O5. The van der Waals surface area contributed by atoms with E-state index in [1.54, 1.807) is 7.05 Å². The Kier molecular flexibility index (Phi) is 3.77. The summed E-state index contributed by atoms with van der Waals surface area (Å²) < 4.78 is 4.07. The number of rotatable bonds is 5. The van der Waals surface area contributed by atoms with Crippen molar-refractivity contribution in [3.8, 4) is 5.95 Å². The number of carbonyl (C=O) groups is 2. The molecule has 0 aromatic carbocycles. The van der Waals surface area contributed by atoms with Gasteiger partial charge in [0.25, 0.3) is 5.56 Å². The van der Waals surface area contributed by atoms with Crippen LogP contribution in [0.15, 0.2) is 29.7 Å². The van der Waals surface area contributed by atoms with Crippen molar-refractivity contribution >= 4 is 23.1 Å². The van der Waals surface area contributed by atoms with E-state index in [9.17, 15) is 14.4 Å². The summed E-state index contributed by atoms with van der Waals surface area (Å²) in [5, 5.41) is 22.0. The third-order valence-electron chi connectivity index (χ3n) is 4.12. The molecule has 0 aliphatic carbocycles. The third-order valence-corrected chi connectivity index (χ3v) is 4.12. The highest BCUT2D eigenvalue weighted by molar-refractivity contribution is 5.87. The Hall–Kier alpha value is -4.29. The van der Waals surface area contributed by atoms with E-state index in [4.69, 9.17) is 10.2 Å². The summed E-state index contributed by atoms with van der Waals surface area (Å²) >= 11 is 0. The second kappa shape index (κ2) is 6.15. The van der Waals surface area contributed by atoms with Crippen LogP contribution in [0.1, 0.15) is 26.7 Å². The first kappa shape index (κ1) is 17.1. The number of carboxylic acids is 2. The monoisotopic (exact) mass is 384 g/mol. The maximum Gasteiger partial charge on any atom is 0.354 e. The first-order chi connectivity index (χ1) is 13.3. The molecule has 0 radical (unpaired) electrons. The number of aromatic amines is 1. The number of H-pyrrole nitrogens is 1. The van der Waals surface area contributed by atoms with Crippen LogP contribution in [0.25, 0.3) is 17.1 Å². The standard InChI is InChI=1S/C15H12N8O5/c1-21-8(14(27)28)3-16-9(21)5-22-6-17-10-11(22)19-15(20-12(10)24)23-4-7(2-18-23)13(25)26/h2-4,6H,5H2,1H3,(H,25,26)(H,27,28)(H,19,20,24). The molecule has 13 nitrogen and oxygen atoms in total. The molecule has 0 amide bonds. The van der Waals surface area contributed by atoms with Gasteiger partial charge in [-0.1, -0.05) is 0 Å². The SMILES string of the molecule is Cn1c(C(=O)O)cnc1Cn1cnc2c(=O)[nH]c(-n3cc(C(=O)O)cn3)nc21. The highest BCUT2D eigenvalue weighted by Crippen LogP contribution is 2.12. The van der Waals surface area contributed by atoms with E-state index in [0.717, 1.165) is 10.9 Å². The molecule has 0 bridgehead atoms. The number of hydrogen-bond acceptors (Lipinski definition) is 7. The summed E-state index contributed by atoms with van der Waals surface area (Å²) in [4.78, 5) is 49.4. The molecule has 0 unspecified atom stereocenters. The first-order valence-corrected chi connectivity index (χ1v) is 7.82. The fourth-order valence-electron chi connectivity index (χ4n) is 2.66. The van der Waals surface area contributed by atoms with Gasteiger partial charge in [0.2, 0.25) is 5.95 Å². The number of nitrogens with one attached hydrogen (secondary N) is 1. The molecule has 13 heteroatoms. The topological polar surface area (TPSA) is 174 Å². The van der Waals surface area contributed by atoms with Crippen LogP contribution in [-0.2, 0) is 13.6 Å². The van der Waals surface area contributed by atoms with Crippen LogP contribution in [0.2, 0.25) is 0 Å². The van der Waals surface area contributed by atoms with Crippen molar-refractivity contribution in [2.75, 3.05) is 0 Å². The lowest BCUT2D eigenvalue weighted by molar-refractivity contribution is 0.0679. The summed E-state index contributed by atoms with van der Waals surface area (Å²) in [5.41, 5.74) is -0.292. The summed E-state index contributed by atoms with van der Waals surface area (Å²) in [6.07, 6.45) is 4.97. The molecule has 3 N–H and O–H groups in total. The molecule has 4 aromatic heterocycles. The molecule has 0 saturated carbocycles. The van der Waals surface area contributed by atoms with Gasteiger partial charge in [0.1, 0.15) is 11.5 Å². The van der Waals surface area contributed by atoms with Crippen molar-refractivity contribution in [1.82, 2.24) is 38.9 Å². The molecule has 0 atom stereocenters. The van der Waals surface area contributed by atoms with E-state index in [2.05, 4.69) is 25.0 Å². The highest BCUT2D eigenvalue weighted by Gasteiger charge is 2.17. The Bertz CT molecular complexity index is 1290. The van der Waals surface area contributed by atoms with E-state index in [0.29, 0.717) is 5.82 Å². The lowest BCUT2D eigenvalue weighted by atomic mass is 10.4. The number of aromatic nitrogens is 8. The van der Waals surface area contributed by atoms with E-state index in [1.807, 2.05) is 0 Å². The van der Waals surface area contributed by atoms with Crippen LogP contribution in [0, 0.1) is 0 Å². The molecule has 142 valence electrons. The second-order valence-corrected chi connectivity index (χ2v) is 5.84. The van der Waals surface area contributed by atoms with Crippen LogP contribution >= 0.6 is 0 Å². The van der Waals surface area contributed by atoms with Crippen LogP contribution < -0.4 is 5.56 Å². The summed E-state index contributed by atoms with van der Waals surface area (Å²) in [7, 11) is 1.56. The summed E-state index contributed by atoms with van der Waals surface area (Å²) in [6.45, 7) is 0.121. The zero-order valence-corrected chi connectivity index (χ0v) is 14.3. The van der Waals surface area contributed by atoms with E-state index >= 15 is 0 Å². The molecule has 0 saturated heterocycles. The van der Waals surface area contributed by atoms with Crippen LogP contribution in [0.3, 0.4) is 0 Å². The van der Waals surface area contributed by atoms with Crippen molar-refractivity contribution in [3.63, 3.8) is 0 Å². The number of nitrogens with zero attached hydrogens (tertiary/aromatic N) is 7. The maximum absolute atomic E-state index is 12.3. The zero-order valence-electron chi connectivity index (χ0n) is 14.3. The molecule has 0 aliphatic rings. The smallest absolute Gasteiger partial charge is 0.354 e. The van der Waals surface area contributed by atoms with Gasteiger partial charge < -0.3 is 19.3 Å². The van der Waals surface area contributed by atoms with Crippen LogP contribution in [-0.4, -0.2) is 61.0 Å². The van der Waals surface area contributed by atoms with Gasteiger partial charge in [0, 0.05) is 13.2 Å². The predicted molar refractivity (Wildman–Crippen MR) is 91.5 cm³/mol. The van der Waals surface area contributed by atoms with Crippen molar-refractivity contribution in [3.05, 3.63) is 52.4 Å². The van der Waals surface area contributed by atoms with Crippen molar-refractivity contribution in [2.45, 2.75) is 6.54 Å². The Morgan fingerprint density at radius 3 is 2.61 bits per heavy atom. The normalized spacial score (nSPS) is 11.2. The van der Waals surface area contributed by atoms with Gasteiger partial charge in [0.05, 0.1) is 30.8 Å². The molecule has 4 heterocycles. The average Bonchev–Trinajstić information content (AvgIpc) is 3.35. The summed E-state index contributed by atoms with van der Waals surface area (Å²) in [5.74, 6) is -1.84. The fraction of sp³-hybridized carbons (Fsp3) is 0.133. The Labute approximate surface area is 154 Å². The number of hydrogen-bond donors (Lipinski definition) is 3. The van der Waals surface area contributed by atoms with E-state index in [-0.39, 0.29) is 34.9 Å². The van der Waals surface area contributed by atoms with Crippen molar-refractivity contribution < 1.29 is 19.8 Å². The fourth-order valence-corrected chi connectivity index (χ4v) is 2.66. The van der Waals surface area contributed by atoms with Gasteiger partial charge in [-0.05, 0) is 0 Å². The number of fused-ring (bicyclic) bond motifs is 1. The third kappa shape index (κ3) is 2.70. The number of carboxylic acid groups (broad SMARTS) is 2. The molecule has 28 heavy (non-hydrogen) atoms. The minimum Gasteiger partial charge on any atom is -0.478 e. The molecule has 4 aromatic rings. The second-order valence-electron chi connectivity index (χ2n) is 5.84. The minimum atomic E-state index is -1.16. The Morgan fingerprint density at radius 2 is 1.96 bits per heavy atom. The van der Waals surface area contributed by atoms with E-state index < -0.39 is 17.5 Å². The number of aromatic carboxylic acids is 2. The van der Waals surface area contributed by atoms with Gasteiger partial charge in [-0.2, -0.15) is 10.1 Å². The average molecular weight is 384 g/mol. The molecule has 0 fully saturated rings. The lowest BCUT2D eigenvalue weighted by Gasteiger charge is -2.06. The highest BCUT2D eigenvalue weighted by atomic mass is 16.4. The van der Waals surface area contributed by atoms with Gasteiger partial charge in [-0.3, -0.25) is 9.78 Å². The molecular weight excluding hydrogens is 372 g/mol. The maximum atomic E-state index is 12.3. The van der Waals surface area contributed by atoms with Crippen LogP contribution in [0.4, 0.5) is 0 Å². The molecule has 4 rings (SSSR count). The Balaban J connectivity index is 1.78. The molecule has 0 spiro atoms. The Morgan fingerprint density at radius 1 is 1.18 bits per heavy atom. The van der Waals surface area contributed by atoms with Gasteiger partial charge >= 0.3 is 11.9 Å². The summed E-state index contributed by atoms with van der Waals surface area (Å²) in [6, 6.07) is 0. The van der Waals surface area contributed by atoms with Crippen molar-refractivity contribution in [1.29, 1.82) is 0 Å². The lowest BCUT2D eigenvalue weighted by Crippen LogP contribution is -2.15. The van der Waals surface area contributed by atoms with Crippen molar-refractivity contribution in [2.24, 2.45) is 7.05 Å². The predicted octanol–water partition coefficient (Wildman–Crippen LogP) is -0.517. The minimum absolute atomic E-state index is 0.0119. The first-order valence-electron chi connectivity index (χ1n) is 7.82. The zero-order chi connectivity index (χ0) is 20.0. The van der Waals surface area contributed by atoms with Crippen LogP contribution in [0.5, 0.6) is 0 Å². The van der Waals surface area contributed by atoms with E-state index in [1.165, 1.54) is 27.9 Å². The largest absolute Gasteiger partial charge is 0.478 e. The quantitative estimate of drug-likeness (QED) is 0.409.